The van der Waals surface area contributed by atoms with Gasteiger partial charge in [0.05, 0.1) is 5.56 Å². The summed E-state index contributed by atoms with van der Waals surface area (Å²) in [5, 5.41) is 8.80. The topological polar surface area (TPSA) is 46.5 Å². The first kappa shape index (κ1) is 11.8. The third-order valence-electron chi connectivity index (χ3n) is 1.67. The van der Waals surface area contributed by atoms with Crippen LogP contribution in [0.15, 0.2) is 24.3 Å². The largest absolute Gasteiger partial charge is 0.456 e. The zero-order valence-electron chi connectivity index (χ0n) is 9.15. The van der Waals surface area contributed by atoms with E-state index in [-0.39, 0.29) is 5.97 Å². The van der Waals surface area contributed by atoms with Crippen LogP contribution in [0, 0.1) is 0 Å². The monoisotopic (exact) mass is 205 g/mol. The molecule has 0 aliphatic rings. The Morgan fingerprint density at radius 1 is 1.40 bits per heavy atom. The van der Waals surface area contributed by atoms with Crippen molar-refractivity contribution in [1.82, 2.24) is 0 Å². The molecule has 79 valence electrons. The summed E-state index contributed by atoms with van der Waals surface area (Å²) in [4.78, 5) is 11.6. The van der Waals surface area contributed by atoms with Gasteiger partial charge in [-0.3, -0.25) is 0 Å². The average molecular weight is 205 g/mol. The minimum absolute atomic E-state index is 0.383. The summed E-state index contributed by atoms with van der Waals surface area (Å²) in [5.41, 5.74) is 0.516. The maximum atomic E-state index is 11.6. The average Bonchev–Trinajstić information content (AvgIpc) is 2.15. The standard InChI is InChI=1S/C11H14BO3/c1-11(2,3)15-10(13)8-5-4-6-9(7-8)12-14/h4-7,14H,1-3H3. The van der Waals surface area contributed by atoms with Crippen LogP contribution >= 0.6 is 0 Å². The number of ether oxygens (including phenoxy) is 1. The van der Waals surface area contributed by atoms with Gasteiger partial charge in [-0.25, -0.2) is 4.79 Å². The molecule has 1 aromatic carbocycles. The van der Waals surface area contributed by atoms with Crippen LogP contribution in [0.3, 0.4) is 0 Å². The number of carbonyl (C=O) groups excluding carboxylic acids is 1. The number of esters is 1. The highest BCUT2D eigenvalue weighted by Gasteiger charge is 2.17. The molecule has 0 amide bonds. The molecule has 1 N–H and O–H groups in total. The minimum Gasteiger partial charge on any atom is -0.456 e. The molecule has 15 heavy (non-hydrogen) atoms. The Hall–Kier alpha value is -1.29. The summed E-state index contributed by atoms with van der Waals surface area (Å²) >= 11 is 0. The fourth-order valence-corrected chi connectivity index (χ4v) is 1.08. The zero-order chi connectivity index (χ0) is 11.5. The first-order valence-electron chi connectivity index (χ1n) is 4.73. The van der Waals surface area contributed by atoms with E-state index in [4.69, 9.17) is 9.76 Å². The molecule has 0 aromatic heterocycles. The molecular weight excluding hydrogens is 191 g/mol. The summed E-state index contributed by atoms with van der Waals surface area (Å²) in [5.74, 6) is -0.383. The molecule has 0 unspecified atom stereocenters. The molecule has 0 heterocycles. The Labute approximate surface area is 90.3 Å². The SMILES string of the molecule is CC(C)(C)OC(=O)c1cccc([B]O)c1. The van der Waals surface area contributed by atoms with Gasteiger partial charge in [0, 0.05) is 0 Å². The van der Waals surface area contributed by atoms with Gasteiger partial charge >= 0.3 is 13.5 Å². The summed E-state index contributed by atoms with van der Waals surface area (Å²) in [7, 11) is 0.952. The molecule has 0 fully saturated rings. The lowest BCUT2D eigenvalue weighted by atomic mass is 9.88. The summed E-state index contributed by atoms with van der Waals surface area (Å²) < 4.78 is 5.19. The Balaban J connectivity index is 2.82. The number of benzene rings is 1. The van der Waals surface area contributed by atoms with Gasteiger partial charge in [0.1, 0.15) is 5.60 Å². The smallest absolute Gasteiger partial charge is 0.338 e. The lowest BCUT2D eigenvalue weighted by Gasteiger charge is -2.19. The van der Waals surface area contributed by atoms with Crippen LogP contribution in [0.4, 0.5) is 0 Å². The second kappa shape index (κ2) is 4.49. The maximum Gasteiger partial charge on any atom is 0.338 e. The lowest BCUT2D eigenvalue weighted by Crippen LogP contribution is -2.25. The van der Waals surface area contributed by atoms with Crippen molar-refractivity contribution in [3.05, 3.63) is 29.8 Å². The number of hydrogen-bond acceptors (Lipinski definition) is 3. The van der Waals surface area contributed by atoms with Gasteiger partial charge in [0.15, 0.2) is 0 Å². The van der Waals surface area contributed by atoms with E-state index >= 15 is 0 Å². The molecule has 4 heteroatoms. The quantitative estimate of drug-likeness (QED) is 0.575. The van der Waals surface area contributed by atoms with Crippen LogP contribution in [0.5, 0.6) is 0 Å². The molecular formula is C11H14BO3. The first-order valence-corrected chi connectivity index (χ1v) is 4.73. The Bertz CT molecular complexity index is 355. The van der Waals surface area contributed by atoms with Crippen molar-refractivity contribution in [2.24, 2.45) is 0 Å². The van der Waals surface area contributed by atoms with Gasteiger partial charge in [-0.1, -0.05) is 23.7 Å². The molecule has 0 aliphatic heterocycles. The Morgan fingerprint density at radius 3 is 2.60 bits per heavy atom. The Morgan fingerprint density at radius 2 is 2.07 bits per heavy atom. The van der Waals surface area contributed by atoms with Gasteiger partial charge < -0.3 is 9.76 Å². The predicted octanol–water partition coefficient (Wildman–Crippen LogP) is 0.879. The molecule has 0 bridgehead atoms. The van der Waals surface area contributed by atoms with Crippen LogP contribution in [-0.4, -0.2) is 24.1 Å². The van der Waals surface area contributed by atoms with E-state index in [1.807, 2.05) is 20.8 Å². The van der Waals surface area contributed by atoms with E-state index in [9.17, 15) is 4.79 Å². The van der Waals surface area contributed by atoms with E-state index in [1.165, 1.54) is 0 Å². The van der Waals surface area contributed by atoms with Crippen LogP contribution in [0.2, 0.25) is 0 Å². The maximum absolute atomic E-state index is 11.6. The van der Waals surface area contributed by atoms with Crippen molar-refractivity contribution >= 4 is 18.9 Å². The second-order valence-electron chi connectivity index (χ2n) is 4.26. The molecule has 1 rings (SSSR count). The van der Waals surface area contributed by atoms with Crippen molar-refractivity contribution in [2.45, 2.75) is 26.4 Å². The summed E-state index contributed by atoms with van der Waals surface area (Å²) in [6, 6.07) is 6.63. The van der Waals surface area contributed by atoms with Crippen molar-refractivity contribution < 1.29 is 14.6 Å². The molecule has 3 nitrogen and oxygen atoms in total. The van der Waals surface area contributed by atoms with E-state index in [0.29, 0.717) is 11.0 Å². The van der Waals surface area contributed by atoms with Crippen LogP contribution in [0.25, 0.3) is 0 Å². The molecule has 0 aliphatic carbocycles. The highest BCUT2D eigenvalue weighted by atomic mass is 16.6. The normalized spacial score (nSPS) is 10.9. The van der Waals surface area contributed by atoms with Crippen LogP contribution < -0.4 is 5.46 Å². The van der Waals surface area contributed by atoms with Gasteiger partial charge in [-0.15, -0.1) is 0 Å². The van der Waals surface area contributed by atoms with Gasteiger partial charge in [-0.2, -0.15) is 0 Å². The fraction of sp³-hybridized carbons (Fsp3) is 0.364. The van der Waals surface area contributed by atoms with Crippen molar-refractivity contribution in [1.29, 1.82) is 0 Å². The number of rotatable bonds is 2. The number of carbonyl (C=O) groups is 1. The zero-order valence-corrected chi connectivity index (χ0v) is 9.15. The lowest BCUT2D eigenvalue weighted by molar-refractivity contribution is 0.00696. The van der Waals surface area contributed by atoms with E-state index in [1.54, 1.807) is 24.3 Å². The van der Waals surface area contributed by atoms with Crippen LogP contribution in [-0.2, 0) is 4.74 Å². The molecule has 0 saturated carbocycles. The Kier molecular flexibility index (Phi) is 3.53. The van der Waals surface area contributed by atoms with E-state index < -0.39 is 5.60 Å². The van der Waals surface area contributed by atoms with Crippen molar-refractivity contribution in [3.63, 3.8) is 0 Å². The van der Waals surface area contributed by atoms with Crippen molar-refractivity contribution in [3.8, 4) is 0 Å². The molecule has 1 aromatic rings. The molecule has 1 radical (unpaired) electrons. The second-order valence-corrected chi connectivity index (χ2v) is 4.26. The van der Waals surface area contributed by atoms with Crippen molar-refractivity contribution in [2.75, 3.05) is 0 Å². The third kappa shape index (κ3) is 3.76. The highest BCUT2D eigenvalue weighted by Crippen LogP contribution is 2.10. The highest BCUT2D eigenvalue weighted by molar-refractivity contribution is 6.45. The summed E-state index contributed by atoms with van der Waals surface area (Å²) in [6.07, 6.45) is 0. The fourth-order valence-electron chi connectivity index (χ4n) is 1.08. The van der Waals surface area contributed by atoms with Gasteiger partial charge in [0.25, 0.3) is 0 Å². The minimum atomic E-state index is -0.504. The molecule has 0 atom stereocenters. The molecule has 0 spiro atoms. The predicted molar refractivity (Wildman–Crippen MR) is 59.2 cm³/mol. The van der Waals surface area contributed by atoms with E-state index in [0.717, 1.165) is 7.48 Å². The first-order chi connectivity index (χ1) is 6.92. The van der Waals surface area contributed by atoms with E-state index in [2.05, 4.69) is 0 Å². The molecule has 0 saturated heterocycles. The summed E-state index contributed by atoms with van der Waals surface area (Å²) in [6.45, 7) is 5.44. The van der Waals surface area contributed by atoms with Crippen LogP contribution in [0.1, 0.15) is 31.1 Å². The third-order valence-corrected chi connectivity index (χ3v) is 1.67. The van der Waals surface area contributed by atoms with Gasteiger partial charge in [0.2, 0.25) is 0 Å². The van der Waals surface area contributed by atoms with Gasteiger partial charge in [-0.05, 0) is 26.8 Å². The number of hydrogen-bond donors (Lipinski definition) is 1.